The van der Waals surface area contributed by atoms with Crippen LogP contribution in [0.25, 0.3) is 11.2 Å². The molecule has 3 aromatic rings. The van der Waals surface area contributed by atoms with Gasteiger partial charge in [-0.1, -0.05) is 18.6 Å². The number of rotatable bonds is 10. The summed E-state index contributed by atoms with van der Waals surface area (Å²) in [6.07, 6.45) is 13.8. The zero-order chi connectivity index (χ0) is 30.7. The predicted octanol–water partition coefficient (Wildman–Crippen LogP) is 6.75. The number of aryl methyl sites for hydroxylation is 1. The normalized spacial score (nSPS) is 25.3. The Morgan fingerprint density at radius 1 is 1.00 bits per heavy atom. The summed E-state index contributed by atoms with van der Waals surface area (Å²) in [5.74, 6) is 1.11. The summed E-state index contributed by atoms with van der Waals surface area (Å²) in [7, 11) is 0. The van der Waals surface area contributed by atoms with E-state index in [1.165, 1.54) is 38.4 Å². The van der Waals surface area contributed by atoms with E-state index in [1.54, 1.807) is 12.3 Å². The van der Waals surface area contributed by atoms with E-state index in [0.29, 0.717) is 35.2 Å². The number of halogens is 1. The molecule has 0 radical (unpaired) electrons. The first-order valence-electron chi connectivity index (χ1n) is 16.8. The second kappa shape index (κ2) is 13.7. The SMILES string of the molecule is Cc1cccc(F)c1Nc1nc2cnc(NC3CCC(OCCN4CCCCC4)CC3)nc2n1C1CCC(C(C)(C)O)CC1. The first-order chi connectivity index (χ1) is 21.2. The second-order valence-corrected chi connectivity index (χ2v) is 13.8. The Hall–Kier alpha value is -2.82. The molecule has 3 N–H and O–H groups in total. The first kappa shape index (κ1) is 31.2. The molecule has 3 fully saturated rings. The zero-order valence-corrected chi connectivity index (χ0v) is 26.7. The molecule has 9 nitrogen and oxygen atoms in total. The number of fused-ring (bicyclic) bond motifs is 1. The lowest BCUT2D eigenvalue weighted by molar-refractivity contribution is -0.00457. The van der Waals surface area contributed by atoms with Crippen LogP contribution >= 0.6 is 0 Å². The van der Waals surface area contributed by atoms with E-state index in [1.807, 2.05) is 26.8 Å². The van der Waals surface area contributed by atoms with Crippen LogP contribution in [0.1, 0.15) is 96.1 Å². The zero-order valence-electron chi connectivity index (χ0n) is 26.7. The number of nitrogens with zero attached hydrogens (tertiary/aromatic N) is 5. The average molecular weight is 608 g/mol. The summed E-state index contributed by atoms with van der Waals surface area (Å²) in [4.78, 5) is 17.0. The number of piperidine rings is 1. The van der Waals surface area contributed by atoms with Crippen LogP contribution in [-0.4, -0.2) is 73.5 Å². The molecule has 2 aliphatic carbocycles. The number of aromatic nitrogens is 4. The van der Waals surface area contributed by atoms with Gasteiger partial charge in [0.1, 0.15) is 11.3 Å². The minimum Gasteiger partial charge on any atom is -0.390 e. The number of ether oxygens (including phenoxy) is 1. The third kappa shape index (κ3) is 7.35. The molecule has 1 aromatic carbocycles. The molecule has 0 bridgehead atoms. The fourth-order valence-electron chi connectivity index (χ4n) is 7.42. The van der Waals surface area contributed by atoms with Gasteiger partial charge >= 0.3 is 0 Å². The van der Waals surface area contributed by atoms with Crippen molar-refractivity contribution < 1.29 is 14.2 Å². The van der Waals surface area contributed by atoms with Crippen LogP contribution < -0.4 is 10.6 Å². The molecule has 0 atom stereocenters. The quantitative estimate of drug-likeness (QED) is 0.233. The smallest absolute Gasteiger partial charge is 0.224 e. The highest BCUT2D eigenvalue weighted by molar-refractivity contribution is 5.77. The van der Waals surface area contributed by atoms with Crippen LogP contribution in [0.5, 0.6) is 0 Å². The average Bonchev–Trinajstić information content (AvgIpc) is 3.37. The Morgan fingerprint density at radius 2 is 1.75 bits per heavy atom. The van der Waals surface area contributed by atoms with E-state index in [-0.39, 0.29) is 17.8 Å². The Bertz CT molecular complexity index is 1360. The standard InChI is InChI=1S/C34H50FN7O2/c1-23-8-7-9-28(35)30(23)39-33-38-29-22-36-32(40-31(29)42(33)26-14-10-24(11-15-26)34(2,3)43)37-25-12-16-27(17-13-25)44-21-20-41-18-5-4-6-19-41/h7-9,22,24-27,43H,4-6,10-21H2,1-3H3,(H,38,39)(H,36,37,40). The lowest BCUT2D eigenvalue weighted by Crippen LogP contribution is -2.35. The van der Waals surface area contributed by atoms with Gasteiger partial charge in [-0.25, -0.2) is 14.4 Å². The van der Waals surface area contributed by atoms with E-state index < -0.39 is 5.60 Å². The van der Waals surface area contributed by atoms with Crippen molar-refractivity contribution in [3.05, 3.63) is 35.8 Å². The maximum Gasteiger partial charge on any atom is 0.224 e. The monoisotopic (exact) mass is 607 g/mol. The van der Waals surface area contributed by atoms with Gasteiger partial charge in [0.05, 0.1) is 30.2 Å². The summed E-state index contributed by atoms with van der Waals surface area (Å²) in [6.45, 7) is 10.00. The molecular formula is C34H50FN7O2. The van der Waals surface area contributed by atoms with Crippen molar-refractivity contribution >= 4 is 28.7 Å². The third-order valence-electron chi connectivity index (χ3n) is 10.2. The fraction of sp³-hybridized carbons (Fsp3) is 0.676. The van der Waals surface area contributed by atoms with Crippen LogP contribution in [0.4, 0.5) is 22.0 Å². The van der Waals surface area contributed by atoms with Gasteiger partial charge in [-0.05, 0) is 116 Å². The summed E-state index contributed by atoms with van der Waals surface area (Å²) in [5.41, 5.74) is 1.97. The van der Waals surface area contributed by atoms with Gasteiger partial charge in [-0.2, -0.15) is 4.98 Å². The number of benzene rings is 1. The number of likely N-dealkylation sites (tertiary alicyclic amines) is 1. The van der Waals surface area contributed by atoms with Crippen molar-refractivity contribution in [1.29, 1.82) is 0 Å². The number of aliphatic hydroxyl groups is 1. The third-order valence-corrected chi connectivity index (χ3v) is 10.2. The van der Waals surface area contributed by atoms with Crippen LogP contribution in [0.15, 0.2) is 24.4 Å². The van der Waals surface area contributed by atoms with Gasteiger partial charge in [0.15, 0.2) is 5.65 Å². The number of hydrogen-bond donors (Lipinski definition) is 3. The summed E-state index contributed by atoms with van der Waals surface area (Å²) >= 11 is 0. The van der Waals surface area contributed by atoms with Crippen LogP contribution in [0, 0.1) is 18.7 Å². The maximum absolute atomic E-state index is 14.9. The molecule has 10 heteroatoms. The molecule has 0 spiro atoms. The number of anilines is 3. The van der Waals surface area contributed by atoms with E-state index in [9.17, 15) is 9.50 Å². The summed E-state index contributed by atoms with van der Waals surface area (Å²) < 4.78 is 23.3. The van der Waals surface area contributed by atoms with E-state index >= 15 is 0 Å². The van der Waals surface area contributed by atoms with Crippen LogP contribution in [0.3, 0.4) is 0 Å². The minimum absolute atomic E-state index is 0.133. The van der Waals surface area contributed by atoms with Gasteiger partial charge in [0.2, 0.25) is 11.9 Å². The molecule has 3 heterocycles. The minimum atomic E-state index is -0.704. The Labute approximate surface area is 261 Å². The topological polar surface area (TPSA) is 100 Å². The second-order valence-electron chi connectivity index (χ2n) is 13.8. The largest absolute Gasteiger partial charge is 0.390 e. The molecule has 240 valence electrons. The molecule has 2 saturated carbocycles. The molecule has 0 amide bonds. The molecule has 6 rings (SSSR count). The van der Waals surface area contributed by atoms with Crippen molar-refractivity contribution in [1.82, 2.24) is 24.4 Å². The Balaban J connectivity index is 1.15. The van der Waals surface area contributed by atoms with Gasteiger partial charge in [0, 0.05) is 18.6 Å². The Kier molecular flexibility index (Phi) is 9.68. The van der Waals surface area contributed by atoms with Crippen molar-refractivity contribution in [2.24, 2.45) is 5.92 Å². The molecular weight excluding hydrogens is 557 g/mol. The fourth-order valence-corrected chi connectivity index (χ4v) is 7.42. The van der Waals surface area contributed by atoms with Crippen molar-refractivity contribution in [3.8, 4) is 0 Å². The van der Waals surface area contributed by atoms with E-state index in [4.69, 9.17) is 14.7 Å². The number of para-hydroxylation sites is 1. The highest BCUT2D eigenvalue weighted by atomic mass is 19.1. The van der Waals surface area contributed by atoms with E-state index in [2.05, 4.69) is 25.1 Å². The summed E-state index contributed by atoms with van der Waals surface area (Å²) in [5, 5.41) is 17.5. The van der Waals surface area contributed by atoms with E-state index in [0.717, 1.165) is 75.7 Å². The highest BCUT2D eigenvalue weighted by Crippen LogP contribution is 2.41. The van der Waals surface area contributed by atoms with Gasteiger partial charge in [0.25, 0.3) is 0 Å². The van der Waals surface area contributed by atoms with Crippen molar-refractivity contribution in [2.45, 2.75) is 115 Å². The van der Waals surface area contributed by atoms with Crippen molar-refractivity contribution in [3.63, 3.8) is 0 Å². The molecule has 44 heavy (non-hydrogen) atoms. The summed E-state index contributed by atoms with van der Waals surface area (Å²) in [6, 6.07) is 5.51. The number of nitrogens with one attached hydrogen (secondary N) is 2. The number of hydrogen-bond acceptors (Lipinski definition) is 8. The molecule has 1 aliphatic heterocycles. The number of imidazole rings is 1. The lowest BCUT2D eigenvalue weighted by Gasteiger charge is -2.36. The lowest BCUT2D eigenvalue weighted by atomic mass is 9.77. The molecule has 2 aromatic heterocycles. The Morgan fingerprint density at radius 3 is 2.45 bits per heavy atom. The molecule has 1 saturated heterocycles. The first-order valence-corrected chi connectivity index (χ1v) is 16.8. The maximum atomic E-state index is 14.9. The van der Waals surface area contributed by atoms with Gasteiger partial charge in [-0.15, -0.1) is 0 Å². The highest BCUT2D eigenvalue weighted by Gasteiger charge is 2.34. The van der Waals surface area contributed by atoms with Crippen LogP contribution in [-0.2, 0) is 4.74 Å². The molecule has 3 aliphatic rings. The molecule has 0 unspecified atom stereocenters. The van der Waals surface area contributed by atoms with Crippen molar-refractivity contribution in [2.75, 3.05) is 36.9 Å². The van der Waals surface area contributed by atoms with Crippen LogP contribution in [0.2, 0.25) is 0 Å². The van der Waals surface area contributed by atoms with Gasteiger partial charge < -0.3 is 25.4 Å². The predicted molar refractivity (Wildman–Crippen MR) is 173 cm³/mol. The van der Waals surface area contributed by atoms with Gasteiger partial charge in [-0.3, -0.25) is 4.57 Å².